The van der Waals surface area contributed by atoms with Gasteiger partial charge in [-0.2, -0.15) is 0 Å². The van der Waals surface area contributed by atoms with Crippen molar-refractivity contribution in [2.75, 3.05) is 13.2 Å². The van der Waals surface area contributed by atoms with Crippen LogP contribution in [0.1, 0.15) is 17.5 Å². The summed E-state index contributed by atoms with van der Waals surface area (Å²) in [7, 11) is 0. The predicted octanol–water partition coefficient (Wildman–Crippen LogP) is 1.66. The molecule has 0 aliphatic carbocycles. The number of rotatable bonds is 2. The van der Waals surface area contributed by atoms with Crippen molar-refractivity contribution in [1.82, 2.24) is 0 Å². The summed E-state index contributed by atoms with van der Waals surface area (Å²) in [5.74, 6) is 0. The van der Waals surface area contributed by atoms with E-state index in [0.717, 1.165) is 19.4 Å². The first-order valence-corrected chi connectivity index (χ1v) is 5.10. The van der Waals surface area contributed by atoms with E-state index in [1.54, 1.807) is 0 Å². The second-order valence-electron chi connectivity index (χ2n) is 4.33. The van der Waals surface area contributed by atoms with Crippen LogP contribution in [0.25, 0.3) is 0 Å². The van der Waals surface area contributed by atoms with Crippen molar-refractivity contribution >= 4 is 0 Å². The lowest BCUT2D eigenvalue weighted by Crippen LogP contribution is -2.42. The minimum atomic E-state index is -0.130. The Labute approximate surface area is 85.1 Å². The molecule has 2 N–H and O–H groups in total. The Kier molecular flexibility index (Phi) is 2.57. The van der Waals surface area contributed by atoms with E-state index in [9.17, 15) is 0 Å². The third kappa shape index (κ3) is 2.14. The van der Waals surface area contributed by atoms with Crippen LogP contribution in [-0.2, 0) is 11.2 Å². The van der Waals surface area contributed by atoms with Crippen LogP contribution >= 0.6 is 0 Å². The number of aryl methyl sites for hydroxylation is 1. The summed E-state index contributed by atoms with van der Waals surface area (Å²) in [6.07, 6.45) is 1.90. The summed E-state index contributed by atoms with van der Waals surface area (Å²) < 4.78 is 5.33. The minimum Gasteiger partial charge on any atom is -0.379 e. The van der Waals surface area contributed by atoms with Crippen molar-refractivity contribution in [3.05, 3.63) is 35.4 Å². The van der Waals surface area contributed by atoms with Gasteiger partial charge in [-0.05, 0) is 25.3 Å². The third-order valence-corrected chi connectivity index (χ3v) is 2.81. The fraction of sp³-hybridized carbons (Fsp3) is 0.500. The standard InChI is InChI=1S/C12H17NO/c1-10-2-4-11(5-3-10)8-12(13)6-7-14-9-12/h2-5H,6-9,13H2,1H3. The Morgan fingerprint density at radius 2 is 2.07 bits per heavy atom. The van der Waals surface area contributed by atoms with E-state index in [2.05, 4.69) is 31.2 Å². The predicted molar refractivity (Wildman–Crippen MR) is 57.2 cm³/mol. The summed E-state index contributed by atoms with van der Waals surface area (Å²) in [5.41, 5.74) is 8.68. The van der Waals surface area contributed by atoms with Crippen molar-refractivity contribution in [3.63, 3.8) is 0 Å². The molecule has 1 unspecified atom stereocenters. The summed E-state index contributed by atoms with van der Waals surface area (Å²) in [5, 5.41) is 0. The lowest BCUT2D eigenvalue weighted by molar-refractivity contribution is 0.178. The molecule has 1 aromatic rings. The third-order valence-electron chi connectivity index (χ3n) is 2.81. The number of hydrogen-bond acceptors (Lipinski definition) is 2. The molecular formula is C12H17NO. The van der Waals surface area contributed by atoms with Gasteiger partial charge in [0.05, 0.1) is 6.61 Å². The van der Waals surface area contributed by atoms with E-state index in [0.29, 0.717) is 6.61 Å². The monoisotopic (exact) mass is 191 g/mol. The molecule has 1 saturated heterocycles. The zero-order valence-corrected chi connectivity index (χ0v) is 8.62. The van der Waals surface area contributed by atoms with Crippen molar-refractivity contribution in [2.24, 2.45) is 5.73 Å². The molecule has 2 rings (SSSR count). The first-order valence-electron chi connectivity index (χ1n) is 5.10. The quantitative estimate of drug-likeness (QED) is 0.771. The van der Waals surface area contributed by atoms with Crippen LogP contribution < -0.4 is 5.73 Å². The molecule has 14 heavy (non-hydrogen) atoms. The van der Waals surface area contributed by atoms with Crippen LogP contribution in [0.3, 0.4) is 0 Å². The van der Waals surface area contributed by atoms with Crippen molar-refractivity contribution in [1.29, 1.82) is 0 Å². The van der Waals surface area contributed by atoms with E-state index in [1.807, 2.05) is 0 Å². The highest BCUT2D eigenvalue weighted by Crippen LogP contribution is 2.20. The molecule has 0 saturated carbocycles. The SMILES string of the molecule is Cc1ccc(CC2(N)CCOC2)cc1. The van der Waals surface area contributed by atoms with Crippen LogP contribution in [0.15, 0.2) is 24.3 Å². The lowest BCUT2D eigenvalue weighted by atomic mass is 9.91. The molecule has 1 aliphatic rings. The van der Waals surface area contributed by atoms with Gasteiger partial charge in [-0.25, -0.2) is 0 Å². The first kappa shape index (κ1) is 9.69. The van der Waals surface area contributed by atoms with Gasteiger partial charge in [0.15, 0.2) is 0 Å². The summed E-state index contributed by atoms with van der Waals surface area (Å²) in [4.78, 5) is 0. The fourth-order valence-electron chi connectivity index (χ4n) is 1.87. The van der Waals surface area contributed by atoms with Gasteiger partial charge in [0.1, 0.15) is 0 Å². The zero-order chi connectivity index (χ0) is 10.0. The van der Waals surface area contributed by atoms with Gasteiger partial charge in [0.25, 0.3) is 0 Å². The van der Waals surface area contributed by atoms with Crippen LogP contribution in [-0.4, -0.2) is 18.8 Å². The number of benzene rings is 1. The van der Waals surface area contributed by atoms with Crippen molar-refractivity contribution in [3.8, 4) is 0 Å². The highest BCUT2D eigenvalue weighted by atomic mass is 16.5. The van der Waals surface area contributed by atoms with E-state index in [4.69, 9.17) is 10.5 Å². The second kappa shape index (κ2) is 3.71. The number of hydrogen-bond donors (Lipinski definition) is 1. The summed E-state index contributed by atoms with van der Waals surface area (Å²) in [6.45, 7) is 3.60. The molecular weight excluding hydrogens is 174 g/mol. The molecule has 1 atom stereocenters. The molecule has 0 aromatic heterocycles. The molecule has 1 fully saturated rings. The second-order valence-corrected chi connectivity index (χ2v) is 4.33. The van der Waals surface area contributed by atoms with Crippen molar-refractivity contribution < 1.29 is 4.74 Å². The van der Waals surface area contributed by atoms with Crippen LogP contribution in [0.4, 0.5) is 0 Å². The smallest absolute Gasteiger partial charge is 0.0650 e. The maximum absolute atomic E-state index is 6.20. The molecule has 2 nitrogen and oxygen atoms in total. The van der Waals surface area contributed by atoms with E-state index >= 15 is 0 Å². The molecule has 0 bridgehead atoms. The largest absolute Gasteiger partial charge is 0.379 e. The van der Waals surface area contributed by atoms with E-state index < -0.39 is 0 Å². The average Bonchev–Trinajstić information content (AvgIpc) is 2.57. The van der Waals surface area contributed by atoms with Gasteiger partial charge >= 0.3 is 0 Å². The maximum atomic E-state index is 6.20. The van der Waals surface area contributed by atoms with Crippen molar-refractivity contribution in [2.45, 2.75) is 25.3 Å². The van der Waals surface area contributed by atoms with Gasteiger partial charge in [0, 0.05) is 12.1 Å². The van der Waals surface area contributed by atoms with E-state index in [1.165, 1.54) is 11.1 Å². The average molecular weight is 191 g/mol. The Bertz CT molecular complexity index is 299. The summed E-state index contributed by atoms with van der Waals surface area (Å²) >= 11 is 0. The van der Waals surface area contributed by atoms with Crippen LogP contribution in [0.5, 0.6) is 0 Å². The number of ether oxygens (including phenoxy) is 1. The number of nitrogens with two attached hydrogens (primary N) is 1. The fourth-order valence-corrected chi connectivity index (χ4v) is 1.87. The topological polar surface area (TPSA) is 35.2 Å². The molecule has 1 aliphatic heterocycles. The normalized spacial score (nSPS) is 26.7. The molecule has 1 heterocycles. The molecule has 2 heteroatoms. The Hall–Kier alpha value is -0.860. The van der Waals surface area contributed by atoms with E-state index in [-0.39, 0.29) is 5.54 Å². The molecule has 0 spiro atoms. The highest BCUT2D eigenvalue weighted by molar-refractivity contribution is 5.23. The van der Waals surface area contributed by atoms with Gasteiger partial charge in [-0.15, -0.1) is 0 Å². The summed E-state index contributed by atoms with van der Waals surface area (Å²) in [6, 6.07) is 8.58. The Morgan fingerprint density at radius 1 is 1.36 bits per heavy atom. The van der Waals surface area contributed by atoms with Gasteiger partial charge in [-0.1, -0.05) is 29.8 Å². The first-order chi connectivity index (χ1) is 6.68. The van der Waals surface area contributed by atoms with Gasteiger partial charge < -0.3 is 10.5 Å². The molecule has 76 valence electrons. The molecule has 1 aromatic carbocycles. The van der Waals surface area contributed by atoms with Gasteiger partial charge in [-0.3, -0.25) is 0 Å². The van der Waals surface area contributed by atoms with Crippen LogP contribution in [0, 0.1) is 6.92 Å². The Morgan fingerprint density at radius 3 is 2.64 bits per heavy atom. The maximum Gasteiger partial charge on any atom is 0.0650 e. The Balaban J connectivity index is 2.06. The highest BCUT2D eigenvalue weighted by Gasteiger charge is 2.30. The van der Waals surface area contributed by atoms with Gasteiger partial charge in [0.2, 0.25) is 0 Å². The zero-order valence-electron chi connectivity index (χ0n) is 8.62. The molecule has 0 amide bonds. The van der Waals surface area contributed by atoms with Crippen LogP contribution in [0.2, 0.25) is 0 Å². The lowest BCUT2D eigenvalue weighted by Gasteiger charge is -2.21. The molecule has 0 radical (unpaired) electrons. The minimum absolute atomic E-state index is 0.130.